The Balaban J connectivity index is 3.90. The van der Waals surface area contributed by atoms with Crippen LogP contribution in [0.25, 0.3) is 0 Å². The molecule has 0 unspecified atom stereocenters. The third-order valence-electron chi connectivity index (χ3n) is 1.85. The third-order valence-corrected chi connectivity index (χ3v) is 1.85. The number of nitrogens with zero attached hydrogens (tertiary/aromatic N) is 2. The fourth-order valence-corrected chi connectivity index (χ4v) is 0.927. The molecule has 0 aliphatic rings. The summed E-state index contributed by atoms with van der Waals surface area (Å²) in [5, 5.41) is 9.63. The Morgan fingerprint density at radius 2 is 2.21 bits per heavy atom. The van der Waals surface area contributed by atoms with Crippen molar-refractivity contribution < 1.29 is 0 Å². The first kappa shape index (κ1) is 13.2. The van der Waals surface area contributed by atoms with E-state index in [9.17, 15) is 0 Å². The van der Waals surface area contributed by atoms with Gasteiger partial charge in [0, 0.05) is 20.1 Å². The van der Waals surface area contributed by atoms with E-state index >= 15 is 0 Å². The molecule has 0 spiro atoms. The largest absolute Gasteiger partial charge is 0.311 e. The summed E-state index contributed by atoms with van der Waals surface area (Å²) in [6.45, 7) is 12.9. The fraction of sp³-hybridized carbons (Fsp3) is 0.727. The molecular weight excluding hydrogens is 174 g/mol. The van der Waals surface area contributed by atoms with Gasteiger partial charge in [-0.05, 0) is 25.5 Å². The highest BCUT2D eigenvalue weighted by molar-refractivity contribution is 5.95. The van der Waals surface area contributed by atoms with Crippen molar-refractivity contribution in [3.8, 4) is 0 Å². The van der Waals surface area contributed by atoms with Crippen molar-refractivity contribution in [2.45, 2.75) is 20.8 Å². The van der Waals surface area contributed by atoms with Crippen molar-refractivity contribution in [2.75, 3.05) is 26.7 Å². The Bertz CT molecular complexity index is 185. The molecule has 14 heavy (non-hydrogen) atoms. The van der Waals surface area contributed by atoms with Gasteiger partial charge in [0.2, 0.25) is 0 Å². The van der Waals surface area contributed by atoms with Crippen LogP contribution in [0.15, 0.2) is 17.8 Å². The first-order chi connectivity index (χ1) is 6.60. The van der Waals surface area contributed by atoms with E-state index in [0.717, 1.165) is 25.3 Å². The van der Waals surface area contributed by atoms with Crippen LogP contribution in [-0.2, 0) is 0 Å². The molecular formula is C11H23N3. The van der Waals surface area contributed by atoms with Gasteiger partial charge in [0.15, 0.2) is 0 Å². The van der Waals surface area contributed by atoms with E-state index in [0.29, 0.717) is 5.92 Å². The van der Waals surface area contributed by atoms with Gasteiger partial charge in [0.25, 0.3) is 0 Å². The second-order valence-electron chi connectivity index (χ2n) is 3.79. The van der Waals surface area contributed by atoms with E-state index in [1.807, 2.05) is 12.1 Å². The maximum atomic E-state index is 4.38. The van der Waals surface area contributed by atoms with Crippen LogP contribution >= 0.6 is 0 Å². The first-order valence-electron chi connectivity index (χ1n) is 5.21. The second-order valence-corrected chi connectivity index (χ2v) is 3.79. The zero-order valence-corrected chi connectivity index (χ0v) is 9.88. The van der Waals surface area contributed by atoms with Gasteiger partial charge in [-0.15, -0.1) is 0 Å². The first-order valence-corrected chi connectivity index (χ1v) is 5.21. The standard InChI is InChI=1S/C11H23N3/c1-6-11(13-14(5)7-2)9-12-8-10(3)4/h6,10,12H,1,7-9H2,2-5H3/b13-11+. The van der Waals surface area contributed by atoms with Crippen molar-refractivity contribution in [3.63, 3.8) is 0 Å². The zero-order valence-electron chi connectivity index (χ0n) is 9.88. The number of hydrogen-bond donors (Lipinski definition) is 1. The molecule has 3 heteroatoms. The van der Waals surface area contributed by atoms with Gasteiger partial charge in [-0.2, -0.15) is 5.10 Å². The van der Waals surface area contributed by atoms with Gasteiger partial charge in [-0.25, -0.2) is 0 Å². The van der Waals surface area contributed by atoms with Crippen molar-refractivity contribution in [1.29, 1.82) is 0 Å². The van der Waals surface area contributed by atoms with E-state index < -0.39 is 0 Å². The Morgan fingerprint density at radius 3 is 2.64 bits per heavy atom. The predicted octanol–water partition coefficient (Wildman–Crippen LogP) is 1.73. The van der Waals surface area contributed by atoms with Crippen LogP contribution in [0.1, 0.15) is 20.8 Å². The molecule has 0 atom stereocenters. The number of nitrogens with one attached hydrogen (secondary N) is 1. The Labute approximate surface area is 87.9 Å². The maximum Gasteiger partial charge on any atom is 0.0737 e. The lowest BCUT2D eigenvalue weighted by molar-refractivity contribution is 0.374. The smallest absolute Gasteiger partial charge is 0.0737 e. The van der Waals surface area contributed by atoms with E-state index in [1.54, 1.807) is 6.08 Å². The van der Waals surface area contributed by atoms with Crippen LogP contribution in [0.5, 0.6) is 0 Å². The molecule has 0 aromatic heterocycles. The molecule has 0 aliphatic heterocycles. The summed E-state index contributed by atoms with van der Waals surface area (Å²) < 4.78 is 0. The normalized spacial score (nSPS) is 11.9. The highest BCUT2D eigenvalue weighted by atomic mass is 15.4. The number of rotatable bonds is 7. The fourth-order valence-electron chi connectivity index (χ4n) is 0.927. The van der Waals surface area contributed by atoms with E-state index in [1.165, 1.54) is 0 Å². The van der Waals surface area contributed by atoms with Crippen LogP contribution in [0.3, 0.4) is 0 Å². The molecule has 0 heterocycles. The van der Waals surface area contributed by atoms with E-state index in [2.05, 4.69) is 37.8 Å². The van der Waals surface area contributed by atoms with Crippen LogP contribution in [0.4, 0.5) is 0 Å². The minimum absolute atomic E-state index is 0.671. The Kier molecular flexibility index (Phi) is 7.11. The van der Waals surface area contributed by atoms with Crippen molar-refractivity contribution in [3.05, 3.63) is 12.7 Å². The Hall–Kier alpha value is -0.830. The van der Waals surface area contributed by atoms with Gasteiger partial charge in [-0.3, -0.25) is 0 Å². The molecule has 0 fully saturated rings. The van der Waals surface area contributed by atoms with Crippen LogP contribution in [-0.4, -0.2) is 37.4 Å². The molecule has 0 bridgehead atoms. The van der Waals surface area contributed by atoms with E-state index in [4.69, 9.17) is 0 Å². The molecule has 0 amide bonds. The lowest BCUT2D eigenvalue weighted by Gasteiger charge is -2.12. The average Bonchev–Trinajstić information content (AvgIpc) is 2.15. The van der Waals surface area contributed by atoms with Crippen molar-refractivity contribution >= 4 is 5.71 Å². The number of hydrazone groups is 1. The van der Waals surface area contributed by atoms with Gasteiger partial charge in [0.05, 0.1) is 5.71 Å². The zero-order chi connectivity index (χ0) is 11.0. The lowest BCUT2D eigenvalue weighted by atomic mass is 10.2. The molecule has 0 radical (unpaired) electrons. The van der Waals surface area contributed by atoms with Crippen LogP contribution in [0, 0.1) is 5.92 Å². The molecule has 3 nitrogen and oxygen atoms in total. The molecule has 0 aromatic carbocycles. The highest BCUT2D eigenvalue weighted by Crippen LogP contribution is 1.89. The average molecular weight is 197 g/mol. The topological polar surface area (TPSA) is 27.6 Å². The minimum Gasteiger partial charge on any atom is -0.311 e. The molecule has 0 aromatic rings. The van der Waals surface area contributed by atoms with Crippen LogP contribution < -0.4 is 5.32 Å². The summed E-state index contributed by atoms with van der Waals surface area (Å²) in [6, 6.07) is 0. The summed E-state index contributed by atoms with van der Waals surface area (Å²) in [5.74, 6) is 0.671. The highest BCUT2D eigenvalue weighted by Gasteiger charge is 1.97. The summed E-state index contributed by atoms with van der Waals surface area (Å²) >= 11 is 0. The Morgan fingerprint density at radius 1 is 1.57 bits per heavy atom. The van der Waals surface area contributed by atoms with E-state index in [-0.39, 0.29) is 0 Å². The summed E-state index contributed by atoms with van der Waals surface area (Å²) in [6.07, 6.45) is 1.81. The summed E-state index contributed by atoms with van der Waals surface area (Å²) in [5.41, 5.74) is 0.995. The minimum atomic E-state index is 0.671. The van der Waals surface area contributed by atoms with Crippen molar-refractivity contribution in [2.24, 2.45) is 11.0 Å². The third kappa shape index (κ3) is 6.66. The van der Waals surface area contributed by atoms with Gasteiger partial charge in [0.1, 0.15) is 0 Å². The predicted molar refractivity (Wildman–Crippen MR) is 63.6 cm³/mol. The molecule has 82 valence electrons. The molecule has 0 saturated heterocycles. The molecule has 0 rings (SSSR count). The monoisotopic (exact) mass is 197 g/mol. The summed E-state index contributed by atoms with van der Waals surface area (Å²) in [7, 11) is 1.96. The molecule has 0 saturated carbocycles. The lowest BCUT2D eigenvalue weighted by Crippen LogP contribution is -2.27. The van der Waals surface area contributed by atoms with Crippen molar-refractivity contribution in [1.82, 2.24) is 10.3 Å². The van der Waals surface area contributed by atoms with Gasteiger partial charge < -0.3 is 10.3 Å². The van der Waals surface area contributed by atoms with Crippen LogP contribution in [0.2, 0.25) is 0 Å². The SMILES string of the molecule is C=C/C(CNCC(C)C)=N\N(C)CC. The quantitative estimate of drug-likeness (QED) is 0.497. The second kappa shape index (κ2) is 7.56. The van der Waals surface area contributed by atoms with Gasteiger partial charge >= 0.3 is 0 Å². The molecule has 1 N–H and O–H groups in total. The molecule has 0 aliphatic carbocycles. The summed E-state index contributed by atoms with van der Waals surface area (Å²) in [4.78, 5) is 0. The number of hydrogen-bond acceptors (Lipinski definition) is 3. The van der Waals surface area contributed by atoms with Gasteiger partial charge in [-0.1, -0.05) is 20.4 Å². The maximum absolute atomic E-state index is 4.38.